The zero-order chi connectivity index (χ0) is 9.80. The third-order valence-electron chi connectivity index (χ3n) is 2.19. The van der Waals surface area contributed by atoms with Crippen LogP contribution in [0.5, 0.6) is 0 Å². The van der Waals surface area contributed by atoms with E-state index in [0.717, 1.165) is 11.8 Å². The van der Waals surface area contributed by atoms with Crippen molar-refractivity contribution in [3.8, 4) is 0 Å². The van der Waals surface area contributed by atoms with Gasteiger partial charge in [0.2, 0.25) is 0 Å². The molecular weight excluding hydrogens is 180 g/mol. The highest BCUT2D eigenvalue weighted by Crippen LogP contribution is 2.24. The minimum atomic E-state index is -0.389. The van der Waals surface area contributed by atoms with Crippen LogP contribution in [0, 0.1) is 0 Å². The summed E-state index contributed by atoms with van der Waals surface area (Å²) in [6.07, 6.45) is 0.764. The van der Waals surface area contributed by atoms with Crippen LogP contribution in [0.25, 0.3) is 0 Å². The Labute approximate surface area is 82.6 Å². The van der Waals surface area contributed by atoms with E-state index in [1.807, 2.05) is 30.3 Å². The number of carbonyl (C=O) groups excluding carboxylic acids is 1. The summed E-state index contributed by atoms with van der Waals surface area (Å²) >= 11 is 0. The van der Waals surface area contributed by atoms with Crippen LogP contribution in [0.15, 0.2) is 30.3 Å². The molecule has 0 saturated carbocycles. The van der Waals surface area contributed by atoms with E-state index < -0.39 is 0 Å². The Morgan fingerprint density at radius 3 is 2.79 bits per heavy atom. The number of ether oxygens (including phenoxy) is 2. The smallest absolute Gasteiger partial charge is 0.184 e. The van der Waals surface area contributed by atoms with Crippen molar-refractivity contribution in [1.29, 1.82) is 0 Å². The Bertz CT molecular complexity index is 297. The van der Waals surface area contributed by atoms with E-state index in [2.05, 4.69) is 0 Å². The van der Waals surface area contributed by atoms with Gasteiger partial charge in [0.25, 0.3) is 0 Å². The molecule has 1 saturated heterocycles. The van der Waals surface area contributed by atoms with Gasteiger partial charge in [-0.15, -0.1) is 0 Å². The minimum absolute atomic E-state index is 0.325. The molecule has 1 aliphatic rings. The van der Waals surface area contributed by atoms with Crippen LogP contribution in [0.2, 0.25) is 0 Å². The van der Waals surface area contributed by atoms with E-state index >= 15 is 0 Å². The van der Waals surface area contributed by atoms with Crippen LogP contribution >= 0.6 is 0 Å². The third kappa shape index (κ3) is 2.00. The fourth-order valence-electron chi connectivity index (χ4n) is 1.44. The molecule has 0 aliphatic carbocycles. The molecule has 0 aromatic heterocycles. The molecule has 3 nitrogen and oxygen atoms in total. The van der Waals surface area contributed by atoms with E-state index in [-0.39, 0.29) is 12.4 Å². The van der Waals surface area contributed by atoms with E-state index in [1.54, 1.807) is 0 Å². The number of rotatable bonds is 2. The summed E-state index contributed by atoms with van der Waals surface area (Å²) in [4.78, 5) is 10.6. The number of carbonyl (C=O) groups is 1. The van der Waals surface area contributed by atoms with Gasteiger partial charge in [0.15, 0.2) is 6.29 Å². The summed E-state index contributed by atoms with van der Waals surface area (Å²) in [7, 11) is 0. The molecule has 74 valence electrons. The largest absolute Gasteiger partial charge is 0.348 e. The second kappa shape index (κ2) is 4.35. The summed E-state index contributed by atoms with van der Waals surface area (Å²) in [6.45, 7) is 0.572. The monoisotopic (exact) mass is 192 g/mol. The molecule has 1 heterocycles. The molecule has 2 rings (SSSR count). The van der Waals surface area contributed by atoms with Crippen LogP contribution < -0.4 is 0 Å². The number of benzene rings is 1. The van der Waals surface area contributed by atoms with Gasteiger partial charge in [0.1, 0.15) is 12.4 Å². The lowest BCUT2D eigenvalue weighted by atomic mass is 10.2. The lowest BCUT2D eigenvalue weighted by Gasteiger charge is -2.27. The lowest BCUT2D eigenvalue weighted by Crippen LogP contribution is -2.27. The highest BCUT2D eigenvalue weighted by Gasteiger charge is 2.23. The first-order valence-electron chi connectivity index (χ1n) is 4.67. The molecule has 1 unspecified atom stereocenters. The maximum atomic E-state index is 10.6. The molecule has 2 atom stereocenters. The quantitative estimate of drug-likeness (QED) is 0.669. The average molecular weight is 192 g/mol. The molecule has 3 heteroatoms. The van der Waals surface area contributed by atoms with Crippen molar-refractivity contribution < 1.29 is 14.3 Å². The Balaban J connectivity index is 2.08. The molecule has 14 heavy (non-hydrogen) atoms. The second-order valence-corrected chi connectivity index (χ2v) is 3.21. The predicted octanol–water partition coefficient (Wildman–Crippen LogP) is 1.69. The number of hydrogen-bond donors (Lipinski definition) is 0. The molecule has 0 bridgehead atoms. The van der Waals surface area contributed by atoms with Crippen molar-refractivity contribution in [2.75, 3.05) is 6.61 Å². The molecule has 1 aromatic carbocycles. The fraction of sp³-hybridized carbons (Fsp3) is 0.364. The van der Waals surface area contributed by atoms with Gasteiger partial charge in [-0.05, 0) is 0 Å². The topological polar surface area (TPSA) is 35.5 Å². The molecule has 0 radical (unpaired) electrons. The normalized spacial score (nSPS) is 27.1. The first-order valence-corrected chi connectivity index (χ1v) is 4.67. The third-order valence-corrected chi connectivity index (χ3v) is 2.19. The number of hydrogen-bond acceptors (Lipinski definition) is 3. The van der Waals surface area contributed by atoms with Crippen LogP contribution in [0.3, 0.4) is 0 Å². The molecule has 1 aliphatic heterocycles. The zero-order valence-corrected chi connectivity index (χ0v) is 7.76. The number of aldehydes is 1. The summed E-state index contributed by atoms with van der Waals surface area (Å²) in [5, 5.41) is 0. The highest BCUT2D eigenvalue weighted by atomic mass is 16.7. The maximum Gasteiger partial charge on any atom is 0.184 e. The Kier molecular flexibility index (Phi) is 2.91. The van der Waals surface area contributed by atoms with Crippen LogP contribution in [0.4, 0.5) is 0 Å². The van der Waals surface area contributed by atoms with Gasteiger partial charge >= 0.3 is 0 Å². The zero-order valence-electron chi connectivity index (χ0n) is 7.76. The van der Waals surface area contributed by atoms with Gasteiger partial charge in [-0.1, -0.05) is 30.3 Å². The van der Waals surface area contributed by atoms with Gasteiger partial charge < -0.3 is 14.3 Å². The molecule has 0 spiro atoms. The van der Waals surface area contributed by atoms with E-state index in [0.29, 0.717) is 13.0 Å². The maximum absolute atomic E-state index is 10.6. The minimum Gasteiger partial charge on any atom is -0.348 e. The molecule has 1 aromatic rings. The van der Waals surface area contributed by atoms with Crippen molar-refractivity contribution >= 4 is 6.29 Å². The van der Waals surface area contributed by atoms with Crippen LogP contribution in [-0.4, -0.2) is 19.0 Å². The first kappa shape index (κ1) is 9.37. The van der Waals surface area contributed by atoms with Crippen molar-refractivity contribution in [3.05, 3.63) is 35.9 Å². The van der Waals surface area contributed by atoms with Gasteiger partial charge in [-0.25, -0.2) is 0 Å². The first-order chi connectivity index (χ1) is 6.90. The van der Waals surface area contributed by atoms with Gasteiger partial charge in [-0.2, -0.15) is 0 Å². The lowest BCUT2D eigenvalue weighted by molar-refractivity contribution is -0.211. The molecule has 0 amide bonds. The summed E-state index contributed by atoms with van der Waals surface area (Å²) in [5.74, 6) is 0. The molecule has 0 N–H and O–H groups in total. The SMILES string of the molecule is O=CC1CCO[C@@H](c2ccccc2)O1. The van der Waals surface area contributed by atoms with Gasteiger partial charge in [-0.3, -0.25) is 0 Å². The Morgan fingerprint density at radius 2 is 2.07 bits per heavy atom. The van der Waals surface area contributed by atoms with Gasteiger partial charge in [0, 0.05) is 12.0 Å². The molecular formula is C11H12O3. The fourth-order valence-corrected chi connectivity index (χ4v) is 1.44. The highest BCUT2D eigenvalue weighted by molar-refractivity contribution is 5.56. The van der Waals surface area contributed by atoms with E-state index in [1.165, 1.54) is 0 Å². The average Bonchev–Trinajstić information content (AvgIpc) is 2.30. The van der Waals surface area contributed by atoms with Crippen LogP contribution in [0.1, 0.15) is 18.3 Å². The van der Waals surface area contributed by atoms with Crippen LogP contribution in [-0.2, 0) is 14.3 Å². The van der Waals surface area contributed by atoms with Crippen molar-refractivity contribution in [3.63, 3.8) is 0 Å². The van der Waals surface area contributed by atoms with Crippen molar-refractivity contribution in [1.82, 2.24) is 0 Å². The van der Waals surface area contributed by atoms with Crippen molar-refractivity contribution in [2.24, 2.45) is 0 Å². The Morgan fingerprint density at radius 1 is 1.29 bits per heavy atom. The van der Waals surface area contributed by atoms with E-state index in [4.69, 9.17) is 9.47 Å². The Hall–Kier alpha value is -1.19. The molecule has 1 fully saturated rings. The van der Waals surface area contributed by atoms with Gasteiger partial charge in [0.05, 0.1) is 6.61 Å². The standard InChI is InChI=1S/C11H12O3/c12-8-10-6-7-13-11(14-10)9-4-2-1-3-5-9/h1-5,8,10-11H,6-7H2/t10?,11-/m1/s1. The summed E-state index contributed by atoms with van der Waals surface area (Å²) in [6, 6.07) is 9.64. The summed E-state index contributed by atoms with van der Waals surface area (Å²) < 4.78 is 10.8. The summed E-state index contributed by atoms with van der Waals surface area (Å²) in [5.41, 5.74) is 0.957. The van der Waals surface area contributed by atoms with E-state index in [9.17, 15) is 4.79 Å². The van der Waals surface area contributed by atoms with Crippen molar-refractivity contribution in [2.45, 2.75) is 18.8 Å². The second-order valence-electron chi connectivity index (χ2n) is 3.21. The predicted molar refractivity (Wildman–Crippen MR) is 50.7 cm³/mol.